The molecule has 0 radical (unpaired) electrons. The second kappa shape index (κ2) is 14.4. The topological polar surface area (TPSA) is 168 Å². The van der Waals surface area contributed by atoms with Crippen LogP contribution in [0.1, 0.15) is 86.2 Å². The summed E-state index contributed by atoms with van der Waals surface area (Å²) in [6.45, 7) is 2.88. The minimum Gasteiger partial charge on any atom is -0.326 e. The van der Waals surface area contributed by atoms with Crippen molar-refractivity contribution in [2.45, 2.75) is 77.0 Å². The first-order valence-corrected chi connectivity index (χ1v) is 16.1. The molecule has 2 atom stereocenters. The highest BCUT2D eigenvalue weighted by Gasteiger charge is 2.29. The molecule has 2 aromatic heterocycles. The summed E-state index contributed by atoms with van der Waals surface area (Å²) in [5, 5.41) is 31.1. The van der Waals surface area contributed by atoms with Gasteiger partial charge in [-0.15, -0.1) is 20.4 Å². The van der Waals surface area contributed by atoms with E-state index >= 15 is 0 Å². The molecule has 5 rings (SSSR count). The summed E-state index contributed by atoms with van der Waals surface area (Å²) >= 11 is 2.76. The van der Waals surface area contributed by atoms with Crippen molar-refractivity contribution in [3.8, 4) is 0 Å². The van der Waals surface area contributed by atoms with Gasteiger partial charge in [-0.05, 0) is 55.4 Å². The van der Waals surface area contributed by atoms with E-state index in [-0.39, 0.29) is 48.3 Å². The molecule has 14 heteroatoms. The molecule has 12 nitrogen and oxygen atoms in total. The molecule has 0 saturated heterocycles. The highest BCUT2D eigenvalue weighted by molar-refractivity contribution is 7.15. The van der Waals surface area contributed by atoms with E-state index in [0.717, 1.165) is 47.7 Å². The normalized spacial score (nSPS) is 18.0. The Morgan fingerprint density at radius 2 is 1.41 bits per heavy atom. The Morgan fingerprint density at radius 3 is 2.05 bits per heavy atom. The Hall–Kier alpha value is -4.30. The monoisotopic (exact) mass is 634 g/mol. The Bertz CT molecular complexity index is 1610. The van der Waals surface area contributed by atoms with Crippen molar-refractivity contribution in [3.63, 3.8) is 0 Å². The third-order valence-electron chi connectivity index (χ3n) is 7.39. The maximum absolute atomic E-state index is 12.8. The van der Waals surface area contributed by atoms with Gasteiger partial charge in [-0.3, -0.25) is 19.2 Å². The van der Waals surface area contributed by atoms with Gasteiger partial charge in [0.2, 0.25) is 33.9 Å². The van der Waals surface area contributed by atoms with Crippen molar-refractivity contribution in [2.75, 3.05) is 16.0 Å². The predicted octanol–water partition coefficient (Wildman–Crippen LogP) is 5.04. The Labute approximate surface area is 262 Å². The Balaban J connectivity index is 1.15. The van der Waals surface area contributed by atoms with Crippen LogP contribution in [0.2, 0.25) is 0 Å². The molecule has 2 heterocycles. The highest BCUT2D eigenvalue weighted by Crippen LogP contribution is 2.43. The fourth-order valence-corrected chi connectivity index (χ4v) is 7.25. The van der Waals surface area contributed by atoms with Crippen LogP contribution in [-0.2, 0) is 25.6 Å². The van der Waals surface area contributed by atoms with Crippen molar-refractivity contribution in [1.82, 2.24) is 25.7 Å². The van der Waals surface area contributed by atoms with E-state index in [9.17, 15) is 19.2 Å². The smallest absolute Gasteiger partial charge is 0.230 e. The van der Waals surface area contributed by atoms with Gasteiger partial charge in [-0.25, -0.2) is 0 Å². The average Bonchev–Trinajstić information content (AvgIpc) is 3.65. The number of hydrogen-bond donors (Lipinski definition) is 4. The second-order valence-electron chi connectivity index (χ2n) is 10.9. The molecular formula is C30H34N8O4S2. The molecule has 1 saturated carbocycles. The van der Waals surface area contributed by atoms with Gasteiger partial charge < -0.3 is 21.3 Å². The summed E-state index contributed by atoms with van der Waals surface area (Å²) in [4.78, 5) is 48.5. The zero-order valence-corrected chi connectivity index (χ0v) is 26.1. The number of amides is 4. The van der Waals surface area contributed by atoms with Crippen molar-refractivity contribution in [3.05, 3.63) is 63.3 Å². The van der Waals surface area contributed by atoms with E-state index in [1.165, 1.54) is 36.5 Å². The second-order valence-corrected chi connectivity index (χ2v) is 12.9. The van der Waals surface area contributed by atoms with E-state index in [0.29, 0.717) is 33.6 Å². The summed E-state index contributed by atoms with van der Waals surface area (Å²) in [7, 11) is 0. The van der Waals surface area contributed by atoms with Crippen molar-refractivity contribution in [2.24, 2.45) is 0 Å². The summed E-state index contributed by atoms with van der Waals surface area (Å²) in [6, 6.07) is 7.20. The number of nitrogens with one attached hydrogen (secondary N) is 4. The fourth-order valence-electron chi connectivity index (χ4n) is 5.43. The number of carbonyl (C=O) groups is 4. The molecule has 0 spiro atoms. The van der Waals surface area contributed by atoms with E-state index in [1.54, 1.807) is 18.2 Å². The van der Waals surface area contributed by atoms with Crippen LogP contribution in [0.5, 0.6) is 0 Å². The number of rotatable bonds is 10. The Morgan fingerprint density at radius 1 is 0.795 bits per heavy atom. The van der Waals surface area contributed by atoms with Gasteiger partial charge in [0.1, 0.15) is 10.0 Å². The highest BCUT2D eigenvalue weighted by atomic mass is 32.1. The van der Waals surface area contributed by atoms with Crippen LogP contribution in [0.25, 0.3) is 0 Å². The number of hydrogen-bond acceptors (Lipinski definition) is 10. The number of benzene rings is 1. The first kappa shape index (κ1) is 31.1. The molecule has 3 aromatic rings. The zero-order chi connectivity index (χ0) is 31.1. The SMILES string of the molecule is CC(=O)NC1=C(CC(=O)Nc2nnc([C@H]3CCC[C@H](c4nnc(NC(=O)Cc5ccccc5NC(C)=O)s4)C3)s2)CCC=C1. The van der Waals surface area contributed by atoms with Crippen molar-refractivity contribution < 1.29 is 19.2 Å². The summed E-state index contributed by atoms with van der Waals surface area (Å²) in [6.07, 6.45) is 9.40. The van der Waals surface area contributed by atoms with E-state index in [4.69, 9.17) is 0 Å². The van der Waals surface area contributed by atoms with E-state index in [2.05, 4.69) is 41.7 Å². The fraction of sp³-hybridized carbons (Fsp3) is 0.400. The first-order valence-electron chi connectivity index (χ1n) is 14.5. The Kier molecular flexibility index (Phi) is 10.2. The van der Waals surface area contributed by atoms with Gasteiger partial charge >= 0.3 is 0 Å². The lowest BCUT2D eigenvalue weighted by molar-refractivity contribution is -0.118. The van der Waals surface area contributed by atoms with Gasteiger partial charge in [-0.2, -0.15) is 0 Å². The number of carbonyl (C=O) groups excluding carboxylic acids is 4. The molecule has 4 amide bonds. The molecular weight excluding hydrogens is 601 g/mol. The molecule has 4 N–H and O–H groups in total. The summed E-state index contributed by atoms with van der Waals surface area (Å²) < 4.78 is 0. The number of aromatic nitrogens is 4. The van der Waals surface area contributed by atoms with E-state index in [1.807, 2.05) is 18.2 Å². The molecule has 2 aliphatic rings. The van der Waals surface area contributed by atoms with Gasteiger partial charge in [0, 0.05) is 37.1 Å². The summed E-state index contributed by atoms with van der Waals surface area (Å²) in [5.74, 6) is -0.433. The van der Waals surface area contributed by atoms with Gasteiger partial charge in [-0.1, -0.05) is 53.4 Å². The number of allylic oxidation sites excluding steroid dienone is 2. The lowest BCUT2D eigenvalue weighted by Crippen LogP contribution is -2.22. The molecule has 230 valence electrons. The van der Waals surface area contributed by atoms with Crippen LogP contribution in [0.3, 0.4) is 0 Å². The summed E-state index contributed by atoms with van der Waals surface area (Å²) in [5.41, 5.74) is 2.90. The van der Waals surface area contributed by atoms with Crippen LogP contribution in [0.4, 0.5) is 16.0 Å². The lowest BCUT2D eigenvalue weighted by atomic mass is 9.82. The first-order chi connectivity index (χ1) is 21.2. The molecule has 1 fully saturated rings. The van der Waals surface area contributed by atoms with Crippen LogP contribution < -0.4 is 21.3 Å². The van der Waals surface area contributed by atoms with Crippen LogP contribution in [0, 0.1) is 0 Å². The molecule has 0 unspecified atom stereocenters. The van der Waals surface area contributed by atoms with Gasteiger partial charge in [0.15, 0.2) is 0 Å². The van der Waals surface area contributed by atoms with Crippen molar-refractivity contribution >= 4 is 62.3 Å². The maximum atomic E-state index is 12.8. The standard InChI is InChI=1S/C30H34N8O4S2/c1-17(39)31-23-12-5-3-8-19(23)15-25(41)33-29-37-35-27(43-29)21-10-7-11-22(14-21)28-36-38-30(44-28)34-26(42)16-20-9-4-6-13-24(20)32-18(2)40/h3,5-6,8,12-13,21-22H,4,7,9-11,14-16H2,1-2H3,(H,31,39)(H,32,40)(H,33,37,41)(H,34,38,42)/t21-,22-/m0/s1. The third kappa shape index (κ3) is 8.41. The maximum Gasteiger partial charge on any atom is 0.230 e. The van der Waals surface area contributed by atoms with Crippen molar-refractivity contribution in [1.29, 1.82) is 0 Å². The minimum absolute atomic E-state index is 0.0951. The minimum atomic E-state index is -0.238. The molecule has 44 heavy (non-hydrogen) atoms. The van der Waals surface area contributed by atoms with Gasteiger partial charge in [0.25, 0.3) is 0 Å². The molecule has 0 aliphatic heterocycles. The largest absolute Gasteiger partial charge is 0.326 e. The van der Waals surface area contributed by atoms with E-state index < -0.39 is 0 Å². The molecule has 1 aromatic carbocycles. The van der Waals surface area contributed by atoms with Crippen LogP contribution >= 0.6 is 22.7 Å². The lowest BCUT2D eigenvalue weighted by Gasteiger charge is -2.25. The number of anilines is 3. The third-order valence-corrected chi connectivity index (χ3v) is 9.39. The van der Waals surface area contributed by atoms with Crippen LogP contribution in [0.15, 0.2) is 47.7 Å². The number of para-hydroxylation sites is 1. The van der Waals surface area contributed by atoms with Crippen LogP contribution in [-0.4, -0.2) is 44.0 Å². The molecule has 0 bridgehead atoms. The predicted molar refractivity (Wildman–Crippen MR) is 169 cm³/mol. The average molecular weight is 635 g/mol. The zero-order valence-electron chi connectivity index (χ0n) is 24.5. The molecule has 2 aliphatic carbocycles. The van der Waals surface area contributed by atoms with Gasteiger partial charge in [0.05, 0.1) is 12.8 Å². The quantitative estimate of drug-likeness (QED) is 0.241. The number of nitrogens with zero attached hydrogens (tertiary/aromatic N) is 4.